The third kappa shape index (κ3) is 9.01. The monoisotopic (exact) mass is 290 g/mol. The Kier molecular flexibility index (Phi) is 11.3. The van der Waals surface area contributed by atoms with Crippen molar-refractivity contribution in [3.63, 3.8) is 0 Å². The number of hydrogen-bond donors (Lipinski definition) is 0. The van der Waals surface area contributed by atoms with Crippen molar-refractivity contribution >= 4 is 0 Å². The minimum atomic E-state index is 1.20. The van der Waals surface area contributed by atoms with Gasteiger partial charge in [-0.3, -0.25) is 5.32 Å². The van der Waals surface area contributed by atoms with Gasteiger partial charge in [-0.1, -0.05) is 78.1 Å². The van der Waals surface area contributed by atoms with E-state index < -0.39 is 0 Å². The maximum absolute atomic E-state index is 4.58. The molecule has 0 saturated heterocycles. The molecular weight excluding hydrogens is 254 g/mol. The largest absolute Gasteiger partial charge is 0.261 e. The van der Waals surface area contributed by atoms with Gasteiger partial charge in [-0.05, 0) is 37.3 Å². The predicted molar refractivity (Wildman–Crippen MR) is 94.3 cm³/mol. The topological polar surface area (TPSA) is 14.1 Å². The number of allylic oxidation sites excluding steroid dienone is 3. The summed E-state index contributed by atoms with van der Waals surface area (Å²) in [5.74, 6) is 0. The molecule has 1 heterocycles. The molecule has 0 aromatic heterocycles. The van der Waals surface area contributed by atoms with Crippen LogP contribution in [-0.4, -0.2) is 0 Å². The van der Waals surface area contributed by atoms with Crippen LogP contribution < -0.4 is 5.32 Å². The van der Waals surface area contributed by atoms with E-state index in [0.717, 1.165) is 0 Å². The Morgan fingerprint density at radius 1 is 0.667 bits per heavy atom. The van der Waals surface area contributed by atoms with E-state index in [0.29, 0.717) is 0 Å². The van der Waals surface area contributed by atoms with Gasteiger partial charge in [-0.2, -0.15) is 0 Å². The highest BCUT2D eigenvalue weighted by atomic mass is 14.9. The third-order valence-electron chi connectivity index (χ3n) is 4.44. The molecule has 1 heteroatoms. The van der Waals surface area contributed by atoms with Gasteiger partial charge >= 0.3 is 0 Å². The Bertz CT molecular complexity index is 301. The number of unbranched alkanes of at least 4 members (excludes halogenated alkanes) is 10. The summed E-state index contributed by atoms with van der Waals surface area (Å²) >= 11 is 0. The van der Waals surface area contributed by atoms with Crippen LogP contribution in [0.15, 0.2) is 23.5 Å². The van der Waals surface area contributed by atoms with E-state index >= 15 is 0 Å². The van der Waals surface area contributed by atoms with Gasteiger partial charge in [0.15, 0.2) is 0 Å². The van der Waals surface area contributed by atoms with E-state index in [1.807, 2.05) is 6.20 Å². The zero-order chi connectivity index (χ0) is 15.2. The first-order chi connectivity index (χ1) is 10.4. The summed E-state index contributed by atoms with van der Waals surface area (Å²) in [6, 6.07) is 0. The normalized spacial score (nSPS) is 14.0. The van der Waals surface area contributed by atoms with Gasteiger partial charge in [0.1, 0.15) is 0 Å². The van der Waals surface area contributed by atoms with E-state index in [4.69, 9.17) is 0 Å². The van der Waals surface area contributed by atoms with Crippen LogP contribution in [0.4, 0.5) is 0 Å². The van der Waals surface area contributed by atoms with Crippen molar-refractivity contribution < 1.29 is 0 Å². The van der Waals surface area contributed by atoms with E-state index in [9.17, 15) is 0 Å². The molecule has 0 atom stereocenters. The first-order valence-electron chi connectivity index (χ1n) is 9.48. The van der Waals surface area contributed by atoms with Crippen molar-refractivity contribution in [2.24, 2.45) is 0 Å². The van der Waals surface area contributed by atoms with Crippen molar-refractivity contribution in [1.29, 1.82) is 0 Å². The van der Waals surface area contributed by atoms with Gasteiger partial charge in [0, 0.05) is 11.9 Å². The Morgan fingerprint density at radius 3 is 1.81 bits per heavy atom. The Morgan fingerprint density at radius 2 is 1.19 bits per heavy atom. The lowest BCUT2D eigenvalue weighted by Gasteiger charge is -2.07. The van der Waals surface area contributed by atoms with Gasteiger partial charge in [-0.25, -0.2) is 0 Å². The van der Waals surface area contributed by atoms with Crippen molar-refractivity contribution in [3.05, 3.63) is 23.5 Å². The first-order valence-corrected chi connectivity index (χ1v) is 9.48. The second kappa shape index (κ2) is 13.0. The van der Waals surface area contributed by atoms with E-state index in [1.165, 1.54) is 101 Å². The van der Waals surface area contributed by atoms with Crippen LogP contribution in [0, 0.1) is 0 Å². The van der Waals surface area contributed by atoms with Crippen molar-refractivity contribution in [2.45, 2.75) is 104 Å². The molecule has 0 aliphatic carbocycles. The highest BCUT2D eigenvalue weighted by molar-refractivity contribution is 5.31. The molecule has 1 radical (unpaired) electrons. The standard InChI is InChI=1S/C20H36N/c1-3-5-7-9-11-13-15-19-17-18-21-20(19)16-14-12-10-8-6-4-2/h17-18H,3-16H2,1-2H3. The zero-order valence-corrected chi connectivity index (χ0v) is 14.5. The molecule has 1 rings (SSSR count). The molecule has 0 fully saturated rings. The van der Waals surface area contributed by atoms with Crippen LogP contribution in [0.1, 0.15) is 104 Å². The molecule has 0 spiro atoms. The maximum Gasteiger partial charge on any atom is 0.0436 e. The molecule has 0 bridgehead atoms. The number of hydrogen-bond acceptors (Lipinski definition) is 0. The SMILES string of the molecule is CCCCCCCCC1=C(CCCCCCCC)[N]C=C1. The molecule has 0 saturated carbocycles. The van der Waals surface area contributed by atoms with E-state index in [2.05, 4.69) is 25.2 Å². The minimum Gasteiger partial charge on any atom is -0.261 e. The Hall–Kier alpha value is -0.720. The summed E-state index contributed by atoms with van der Waals surface area (Å²) in [6.07, 6.45) is 23.3. The Balaban J connectivity index is 2.08. The van der Waals surface area contributed by atoms with Gasteiger partial charge in [0.05, 0.1) is 0 Å². The molecule has 0 aromatic rings. The van der Waals surface area contributed by atoms with Crippen molar-refractivity contribution in [3.8, 4) is 0 Å². The van der Waals surface area contributed by atoms with E-state index in [1.54, 1.807) is 0 Å². The fourth-order valence-corrected chi connectivity index (χ4v) is 3.02. The number of rotatable bonds is 14. The predicted octanol–water partition coefficient (Wildman–Crippen LogP) is 6.87. The first kappa shape index (κ1) is 18.3. The zero-order valence-electron chi connectivity index (χ0n) is 14.5. The summed E-state index contributed by atoms with van der Waals surface area (Å²) in [5, 5.41) is 4.58. The molecule has 1 aliphatic rings. The number of nitrogens with zero attached hydrogens (tertiary/aromatic N) is 1. The summed E-state index contributed by atoms with van der Waals surface area (Å²) in [6.45, 7) is 4.56. The average Bonchev–Trinajstić information content (AvgIpc) is 2.94. The second-order valence-corrected chi connectivity index (χ2v) is 6.45. The fraction of sp³-hybridized carbons (Fsp3) is 0.800. The molecule has 1 aliphatic heterocycles. The molecule has 1 nitrogen and oxygen atoms in total. The molecule has 0 unspecified atom stereocenters. The lowest BCUT2D eigenvalue weighted by atomic mass is 10.0. The van der Waals surface area contributed by atoms with Crippen LogP contribution in [0.3, 0.4) is 0 Å². The summed E-state index contributed by atoms with van der Waals surface area (Å²) < 4.78 is 0. The summed E-state index contributed by atoms with van der Waals surface area (Å²) in [7, 11) is 0. The van der Waals surface area contributed by atoms with E-state index in [-0.39, 0.29) is 0 Å². The molecular formula is C20H36N. The van der Waals surface area contributed by atoms with Gasteiger partial charge < -0.3 is 0 Å². The Labute approximate surface area is 133 Å². The van der Waals surface area contributed by atoms with Crippen LogP contribution >= 0.6 is 0 Å². The van der Waals surface area contributed by atoms with Gasteiger partial charge in [0.25, 0.3) is 0 Å². The van der Waals surface area contributed by atoms with Crippen LogP contribution in [-0.2, 0) is 0 Å². The van der Waals surface area contributed by atoms with Crippen LogP contribution in [0.5, 0.6) is 0 Å². The lowest BCUT2D eigenvalue weighted by molar-refractivity contribution is 0.595. The van der Waals surface area contributed by atoms with Crippen molar-refractivity contribution in [2.75, 3.05) is 0 Å². The summed E-state index contributed by atoms with van der Waals surface area (Å²) in [5.41, 5.74) is 2.91. The van der Waals surface area contributed by atoms with Gasteiger partial charge in [0.2, 0.25) is 0 Å². The molecule has 121 valence electrons. The second-order valence-electron chi connectivity index (χ2n) is 6.45. The lowest BCUT2D eigenvalue weighted by Crippen LogP contribution is -1.96. The highest BCUT2D eigenvalue weighted by Gasteiger charge is 2.09. The molecule has 0 N–H and O–H groups in total. The molecule has 21 heavy (non-hydrogen) atoms. The fourth-order valence-electron chi connectivity index (χ4n) is 3.02. The quantitative estimate of drug-likeness (QED) is 0.310. The van der Waals surface area contributed by atoms with Crippen molar-refractivity contribution in [1.82, 2.24) is 5.32 Å². The van der Waals surface area contributed by atoms with Crippen LogP contribution in [0.2, 0.25) is 0 Å². The van der Waals surface area contributed by atoms with Crippen LogP contribution in [0.25, 0.3) is 0 Å². The average molecular weight is 291 g/mol. The highest BCUT2D eigenvalue weighted by Crippen LogP contribution is 2.23. The van der Waals surface area contributed by atoms with Gasteiger partial charge in [-0.15, -0.1) is 0 Å². The molecule has 0 amide bonds. The maximum atomic E-state index is 4.58. The smallest absolute Gasteiger partial charge is 0.0436 e. The third-order valence-corrected chi connectivity index (χ3v) is 4.44. The minimum absolute atomic E-state index is 1.20. The molecule has 0 aromatic carbocycles. The summed E-state index contributed by atoms with van der Waals surface area (Å²) in [4.78, 5) is 0.